The summed E-state index contributed by atoms with van der Waals surface area (Å²) >= 11 is 11.7. The van der Waals surface area contributed by atoms with E-state index >= 15 is 0 Å². The van der Waals surface area contributed by atoms with E-state index in [1.54, 1.807) is 0 Å². The van der Waals surface area contributed by atoms with E-state index in [-0.39, 0.29) is 0 Å². The van der Waals surface area contributed by atoms with Crippen LogP contribution in [0.2, 0.25) is 5.02 Å². The first-order chi connectivity index (χ1) is 8.09. The van der Waals surface area contributed by atoms with Crippen LogP contribution in [0.25, 0.3) is 0 Å². The third-order valence-electron chi connectivity index (χ3n) is 3.12. The van der Waals surface area contributed by atoms with Crippen molar-refractivity contribution < 1.29 is 0 Å². The molecule has 0 aliphatic carbocycles. The summed E-state index contributed by atoms with van der Waals surface area (Å²) in [4.78, 5) is 0. The molecule has 2 rings (SSSR count). The molecule has 0 amide bonds. The predicted octanol–water partition coefficient (Wildman–Crippen LogP) is 4.48. The number of hydrogen-bond acceptors (Lipinski definition) is 2. The first kappa shape index (κ1) is 13.7. The summed E-state index contributed by atoms with van der Waals surface area (Å²) in [5.74, 6) is 1.30. The molecule has 1 aromatic carbocycles. The lowest BCUT2D eigenvalue weighted by Gasteiger charge is -2.23. The van der Waals surface area contributed by atoms with Gasteiger partial charge in [0.25, 0.3) is 0 Å². The molecule has 1 N–H and O–H groups in total. The lowest BCUT2D eigenvalue weighted by Crippen LogP contribution is -2.32. The largest absolute Gasteiger partial charge is 0.311 e. The molecular weight excluding hydrogens is 318 g/mol. The molecule has 1 unspecified atom stereocenters. The molecule has 1 aliphatic rings. The molecule has 4 heteroatoms. The molecule has 1 aromatic rings. The fourth-order valence-corrected chi connectivity index (χ4v) is 3.98. The van der Waals surface area contributed by atoms with Gasteiger partial charge in [0.15, 0.2) is 0 Å². The van der Waals surface area contributed by atoms with E-state index in [0.717, 1.165) is 28.1 Å². The molecule has 0 aromatic heterocycles. The van der Waals surface area contributed by atoms with Crippen molar-refractivity contribution in [2.24, 2.45) is 0 Å². The first-order valence-electron chi connectivity index (χ1n) is 5.88. The van der Waals surface area contributed by atoms with E-state index in [1.807, 2.05) is 12.1 Å². The van der Waals surface area contributed by atoms with Gasteiger partial charge in [-0.05, 0) is 49.3 Å². The van der Waals surface area contributed by atoms with E-state index in [0.29, 0.717) is 4.75 Å². The third kappa shape index (κ3) is 3.88. The van der Waals surface area contributed by atoms with Crippen molar-refractivity contribution in [1.29, 1.82) is 0 Å². The highest BCUT2D eigenvalue weighted by Gasteiger charge is 2.28. The van der Waals surface area contributed by atoms with Crippen molar-refractivity contribution >= 4 is 39.3 Å². The van der Waals surface area contributed by atoms with Crippen LogP contribution in [0.1, 0.15) is 25.3 Å². The van der Waals surface area contributed by atoms with Gasteiger partial charge in [0.1, 0.15) is 0 Å². The summed E-state index contributed by atoms with van der Waals surface area (Å²) in [7, 11) is 0. The molecule has 94 valence electrons. The Labute approximate surface area is 121 Å². The van der Waals surface area contributed by atoms with E-state index in [1.165, 1.54) is 18.6 Å². The zero-order chi connectivity index (χ0) is 12.3. The molecule has 0 radical (unpaired) electrons. The minimum Gasteiger partial charge on any atom is -0.311 e. The smallest absolute Gasteiger partial charge is 0.0451 e. The molecule has 1 saturated heterocycles. The lowest BCUT2D eigenvalue weighted by atomic mass is 10.1. The van der Waals surface area contributed by atoms with Crippen molar-refractivity contribution in [1.82, 2.24) is 5.32 Å². The van der Waals surface area contributed by atoms with Gasteiger partial charge >= 0.3 is 0 Å². The summed E-state index contributed by atoms with van der Waals surface area (Å²) in [6, 6.07) is 5.99. The monoisotopic (exact) mass is 333 g/mol. The van der Waals surface area contributed by atoms with E-state index < -0.39 is 0 Å². The number of thioether (sulfide) groups is 1. The number of hydrogen-bond donors (Lipinski definition) is 1. The number of benzene rings is 1. The van der Waals surface area contributed by atoms with Crippen LogP contribution in [0.5, 0.6) is 0 Å². The fraction of sp³-hybridized carbons (Fsp3) is 0.538. The van der Waals surface area contributed by atoms with Crippen LogP contribution in [-0.4, -0.2) is 17.0 Å². The average Bonchev–Trinajstić information content (AvgIpc) is 2.71. The standard InChI is InChI=1S/C13H17BrClNS/c1-13(5-2-6-17-13)9-16-8-10-7-11(14)3-4-12(10)15/h3-4,7,16H,2,5-6,8-9H2,1H3. The Morgan fingerprint density at radius 1 is 1.53 bits per heavy atom. The number of rotatable bonds is 4. The summed E-state index contributed by atoms with van der Waals surface area (Å²) < 4.78 is 1.50. The minimum absolute atomic E-state index is 0.415. The van der Waals surface area contributed by atoms with Crippen LogP contribution in [0.3, 0.4) is 0 Å². The molecule has 1 heterocycles. The normalized spacial score (nSPS) is 24.2. The Balaban J connectivity index is 1.87. The van der Waals surface area contributed by atoms with Crippen LogP contribution >= 0.6 is 39.3 Å². The van der Waals surface area contributed by atoms with Gasteiger partial charge in [-0.1, -0.05) is 27.5 Å². The minimum atomic E-state index is 0.415. The van der Waals surface area contributed by atoms with Crippen LogP contribution in [0, 0.1) is 0 Å². The number of halogens is 2. The highest BCUT2D eigenvalue weighted by molar-refractivity contribution is 9.10. The molecular formula is C13H17BrClNS. The van der Waals surface area contributed by atoms with Crippen molar-refractivity contribution in [3.8, 4) is 0 Å². The Bertz CT molecular complexity index is 391. The van der Waals surface area contributed by atoms with Crippen molar-refractivity contribution in [3.05, 3.63) is 33.3 Å². The molecule has 0 bridgehead atoms. The molecule has 1 fully saturated rings. The van der Waals surface area contributed by atoms with Crippen LogP contribution in [0.15, 0.2) is 22.7 Å². The van der Waals surface area contributed by atoms with Crippen LogP contribution in [0.4, 0.5) is 0 Å². The second-order valence-electron chi connectivity index (χ2n) is 4.74. The Kier molecular flexibility index (Phi) is 4.81. The summed E-state index contributed by atoms with van der Waals surface area (Å²) in [6.07, 6.45) is 2.66. The molecule has 0 saturated carbocycles. The van der Waals surface area contributed by atoms with Crippen molar-refractivity contribution in [3.63, 3.8) is 0 Å². The second kappa shape index (κ2) is 5.96. The quantitative estimate of drug-likeness (QED) is 0.871. The Morgan fingerprint density at radius 3 is 3.06 bits per heavy atom. The predicted molar refractivity (Wildman–Crippen MR) is 81.0 cm³/mol. The third-order valence-corrected chi connectivity index (χ3v) is 5.52. The lowest BCUT2D eigenvalue weighted by molar-refractivity contribution is 0.537. The van der Waals surface area contributed by atoms with E-state index in [2.05, 4.69) is 46.0 Å². The molecule has 1 nitrogen and oxygen atoms in total. The van der Waals surface area contributed by atoms with Gasteiger partial charge in [-0.2, -0.15) is 11.8 Å². The molecule has 0 spiro atoms. The van der Waals surface area contributed by atoms with Gasteiger partial charge in [0.05, 0.1) is 0 Å². The second-order valence-corrected chi connectivity index (χ2v) is 7.75. The molecule has 1 atom stereocenters. The summed E-state index contributed by atoms with van der Waals surface area (Å²) in [5.41, 5.74) is 1.16. The van der Waals surface area contributed by atoms with Crippen LogP contribution in [-0.2, 0) is 6.54 Å². The first-order valence-corrected chi connectivity index (χ1v) is 8.03. The van der Waals surface area contributed by atoms with Crippen LogP contribution < -0.4 is 5.32 Å². The topological polar surface area (TPSA) is 12.0 Å². The van der Waals surface area contributed by atoms with Gasteiger partial charge in [-0.15, -0.1) is 0 Å². The van der Waals surface area contributed by atoms with Gasteiger partial charge in [-0.25, -0.2) is 0 Å². The van der Waals surface area contributed by atoms with Gasteiger partial charge in [0.2, 0.25) is 0 Å². The summed E-state index contributed by atoms with van der Waals surface area (Å²) in [5, 5.41) is 4.36. The maximum Gasteiger partial charge on any atom is 0.0451 e. The summed E-state index contributed by atoms with van der Waals surface area (Å²) in [6.45, 7) is 4.25. The zero-order valence-electron chi connectivity index (χ0n) is 9.93. The number of nitrogens with one attached hydrogen (secondary N) is 1. The van der Waals surface area contributed by atoms with Crippen molar-refractivity contribution in [2.45, 2.75) is 31.1 Å². The zero-order valence-corrected chi connectivity index (χ0v) is 13.1. The highest BCUT2D eigenvalue weighted by atomic mass is 79.9. The van der Waals surface area contributed by atoms with E-state index in [9.17, 15) is 0 Å². The molecule has 17 heavy (non-hydrogen) atoms. The Morgan fingerprint density at radius 2 is 2.35 bits per heavy atom. The van der Waals surface area contributed by atoms with Crippen molar-refractivity contribution in [2.75, 3.05) is 12.3 Å². The fourth-order valence-electron chi connectivity index (χ4n) is 2.12. The van der Waals surface area contributed by atoms with Gasteiger partial charge < -0.3 is 5.32 Å². The average molecular weight is 335 g/mol. The Hall–Kier alpha value is 0.300. The van der Waals surface area contributed by atoms with E-state index in [4.69, 9.17) is 11.6 Å². The SMILES string of the molecule is CC1(CNCc2cc(Br)ccc2Cl)CCCS1. The maximum absolute atomic E-state index is 6.16. The van der Waals surface area contributed by atoms with Gasteiger partial charge in [0, 0.05) is 27.3 Å². The molecule has 1 aliphatic heterocycles. The van der Waals surface area contributed by atoms with Gasteiger partial charge in [-0.3, -0.25) is 0 Å². The maximum atomic E-state index is 6.16. The highest BCUT2D eigenvalue weighted by Crippen LogP contribution is 2.37.